The Morgan fingerprint density at radius 2 is 1.60 bits per heavy atom. The first kappa shape index (κ1) is 28.0. The summed E-state index contributed by atoms with van der Waals surface area (Å²) in [6.45, 7) is 5.91. The van der Waals surface area contributed by atoms with E-state index in [9.17, 15) is 14.4 Å². The molecule has 4 rings (SSSR count). The molecule has 0 fully saturated rings. The predicted octanol–water partition coefficient (Wildman–Crippen LogP) is 5.23. The van der Waals surface area contributed by atoms with E-state index >= 15 is 0 Å². The first-order valence-corrected chi connectivity index (χ1v) is 13.0. The van der Waals surface area contributed by atoms with Gasteiger partial charge in [-0.05, 0) is 55.5 Å². The lowest BCUT2D eigenvalue weighted by Crippen LogP contribution is -2.44. The van der Waals surface area contributed by atoms with Crippen molar-refractivity contribution in [3.8, 4) is 0 Å². The van der Waals surface area contributed by atoms with E-state index in [1.54, 1.807) is 13.0 Å². The molecule has 3 aromatic carbocycles. The molecule has 0 spiro atoms. The summed E-state index contributed by atoms with van der Waals surface area (Å²) in [6.07, 6.45) is 2.93. The fraction of sp³-hybridized carbons (Fsp3) is 0.188. The van der Waals surface area contributed by atoms with Crippen LogP contribution in [0.4, 0.5) is 11.5 Å². The predicted molar refractivity (Wildman–Crippen MR) is 155 cm³/mol. The third-order valence-corrected chi connectivity index (χ3v) is 6.30. The summed E-state index contributed by atoms with van der Waals surface area (Å²) in [5.74, 6) is -0.614. The van der Waals surface area contributed by atoms with Gasteiger partial charge in [-0.3, -0.25) is 19.3 Å². The minimum Gasteiger partial charge on any atom is -0.360 e. The van der Waals surface area contributed by atoms with Crippen LogP contribution in [-0.4, -0.2) is 29.4 Å². The maximum atomic E-state index is 13.8. The van der Waals surface area contributed by atoms with Gasteiger partial charge in [0.1, 0.15) is 11.8 Å². The lowest BCUT2D eigenvalue weighted by atomic mass is 10.0. The Labute approximate surface area is 233 Å². The number of rotatable bonds is 10. The van der Waals surface area contributed by atoms with Crippen LogP contribution in [0.1, 0.15) is 34.1 Å². The van der Waals surface area contributed by atoms with Crippen molar-refractivity contribution in [2.75, 3.05) is 16.8 Å². The van der Waals surface area contributed by atoms with Gasteiger partial charge in [0.05, 0.1) is 0 Å². The first-order chi connectivity index (χ1) is 19.3. The van der Waals surface area contributed by atoms with Crippen molar-refractivity contribution in [2.24, 2.45) is 0 Å². The van der Waals surface area contributed by atoms with Gasteiger partial charge in [-0.2, -0.15) is 0 Å². The molecule has 204 valence electrons. The van der Waals surface area contributed by atoms with Gasteiger partial charge in [-0.25, -0.2) is 0 Å². The Balaban J connectivity index is 1.66. The molecule has 0 aliphatic carbocycles. The number of benzene rings is 3. The third kappa shape index (κ3) is 7.32. The van der Waals surface area contributed by atoms with Gasteiger partial charge in [0.25, 0.3) is 5.91 Å². The molecule has 3 amide bonds. The lowest BCUT2D eigenvalue weighted by Gasteiger charge is -2.32. The van der Waals surface area contributed by atoms with E-state index in [0.29, 0.717) is 30.0 Å². The Morgan fingerprint density at radius 1 is 0.900 bits per heavy atom. The Kier molecular flexibility index (Phi) is 9.25. The molecule has 0 saturated carbocycles. The molecular weight excluding hydrogens is 504 g/mol. The Hall–Kier alpha value is -4.98. The highest BCUT2D eigenvalue weighted by molar-refractivity contribution is 6.10. The molecule has 8 nitrogen and oxygen atoms in total. The largest absolute Gasteiger partial charge is 0.360 e. The normalized spacial score (nSPS) is 11.7. The number of carbonyl (C=O) groups excluding carboxylic acids is 3. The molecule has 4 aromatic rings. The van der Waals surface area contributed by atoms with Crippen molar-refractivity contribution in [2.45, 2.75) is 33.2 Å². The highest BCUT2D eigenvalue weighted by Crippen LogP contribution is 2.31. The van der Waals surface area contributed by atoms with Crippen LogP contribution in [-0.2, 0) is 20.8 Å². The maximum Gasteiger partial charge on any atom is 0.252 e. The molecule has 0 aliphatic heterocycles. The zero-order chi connectivity index (χ0) is 28.5. The summed E-state index contributed by atoms with van der Waals surface area (Å²) in [5.41, 5.74) is 4.06. The van der Waals surface area contributed by atoms with Crippen molar-refractivity contribution in [3.05, 3.63) is 125 Å². The van der Waals surface area contributed by atoms with Gasteiger partial charge in [-0.1, -0.05) is 78.0 Å². The molecular formula is C32H32N4O4. The second kappa shape index (κ2) is 13.2. The fourth-order valence-corrected chi connectivity index (χ4v) is 4.31. The molecule has 1 atom stereocenters. The highest BCUT2D eigenvalue weighted by Gasteiger charge is 2.32. The van der Waals surface area contributed by atoms with Crippen molar-refractivity contribution >= 4 is 29.2 Å². The van der Waals surface area contributed by atoms with E-state index in [1.807, 2.05) is 92.7 Å². The second-order valence-corrected chi connectivity index (χ2v) is 9.48. The molecule has 0 radical (unpaired) electrons. The smallest absolute Gasteiger partial charge is 0.252 e. The summed E-state index contributed by atoms with van der Waals surface area (Å²) in [4.78, 5) is 41.6. The number of nitrogens with one attached hydrogen (secondary N) is 2. The number of anilines is 2. The monoisotopic (exact) mass is 536 g/mol. The van der Waals surface area contributed by atoms with Crippen molar-refractivity contribution in [1.29, 1.82) is 0 Å². The Morgan fingerprint density at radius 3 is 2.27 bits per heavy atom. The van der Waals surface area contributed by atoms with Crippen molar-refractivity contribution in [1.82, 2.24) is 10.5 Å². The quantitative estimate of drug-likeness (QED) is 0.270. The Bertz CT molecular complexity index is 1500. The SMILES string of the molecule is Cc1ccc(C)c(N(C(=O)/C=C/C(=O)Nc2cc(C)on2)[C@@H](C(=O)NCCc2ccccc2)c2ccccc2)c1. The van der Waals surface area contributed by atoms with E-state index in [0.717, 1.165) is 28.8 Å². The van der Waals surface area contributed by atoms with Crippen LogP contribution in [0, 0.1) is 20.8 Å². The third-order valence-electron chi connectivity index (χ3n) is 6.30. The van der Waals surface area contributed by atoms with E-state index < -0.39 is 17.9 Å². The topological polar surface area (TPSA) is 105 Å². The molecule has 0 aliphatic rings. The second-order valence-electron chi connectivity index (χ2n) is 9.48. The van der Waals surface area contributed by atoms with Gasteiger partial charge in [0.15, 0.2) is 5.82 Å². The standard InChI is InChI=1S/C32H32N4O4/c1-22-14-15-23(2)27(20-22)36(30(38)17-16-29(37)34-28-21-24(3)40-35-28)31(26-12-8-5-9-13-26)32(39)33-19-18-25-10-6-4-7-11-25/h4-17,20-21,31H,18-19H2,1-3H3,(H,33,39)(H,34,35,37)/b17-16+/t31-/m1/s1. The van der Waals surface area contributed by atoms with Crippen LogP contribution in [0.2, 0.25) is 0 Å². The van der Waals surface area contributed by atoms with Crippen LogP contribution in [0.5, 0.6) is 0 Å². The van der Waals surface area contributed by atoms with E-state index in [-0.39, 0.29) is 11.7 Å². The molecule has 2 N–H and O–H groups in total. The fourth-order valence-electron chi connectivity index (χ4n) is 4.31. The van der Waals surface area contributed by atoms with Crippen LogP contribution in [0.15, 0.2) is 102 Å². The van der Waals surface area contributed by atoms with Crippen molar-refractivity contribution < 1.29 is 18.9 Å². The van der Waals surface area contributed by atoms with Gasteiger partial charge in [-0.15, -0.1) is 0 Å². The molecule has 0 saturated heterocycles. The highest BCUT2D eigenvalue weighted by atomic mass is 16.5. The van der Waals surface area contributed by atoms with Gasteiger partial charge < -0.3 is 15.2 Å². The minimum absolute atomic E-state index is 0.242. The zero-order valence-corrected chi connectivity index (χ0v) is 22.8. The van der Waals surface area contributed by atoms with Crippen molar-refractivity contribution in [3.63, 3.8) is 0 Å². The van der Waals surface area contributed by atoms with E-state index in [4.69, 9.17) is 4.52 Å². The van der Waals surface area contributed by atoms with Crippen LogP contribution >= 0.6 is 0 Å². The molecule has 8 heteroatoms. The maximum absolute atomic E-state index is 13.8. The first-order valence-electron chi connectivity index (χ1n) is 13.0. The average molecular weight is 537 g/mol. The van der Waals surface area contributed by atoms with Gasteiger partial charge in [0.2, 0.25) is 11.8 Å². The molecule has 40 heavy (non-hydrogen) atoms. The van der Waals surface area contributed by atoms with E-state index in [1.165, 1.54) is 4.90 Å². The average Bonchev–Trinajstić information content (AvgIpc) is 3.36. The lowest BCUT2D eigenvalue weighted by molar-refractivity contribution is -0.125. The summed E-state index contributed by atoms with van der Waals surface area (Å²) in [6, 6.07) is 25.3. The number of hydrogen-bond donors (Lipinski definition) is 2. The van der Waals surface area contributed by atoms with E-state index in [2.05, 4.69) is 15.8 Å². The summed E-state index contributed by atoms with van der Waals surface area (Å²) >= 11 is 0. The molecule has 1 heterocycles. The number of nitrogens with zero attached hydrogens (tertiary/aromatic N) is 2. The zero-order valence-electron chi connectivity index (χ0n) is 22.8. The molecule has 1 aromatic heterocycles. The number of amides is 3. The number of aryl methyl sites for hydroxylation is 3. The molecule has 0 unspecified atom stereocenters. The number of hydrogen-bond acceptors (Lipinski definition) is 5. The number of aromatic nitrogens is 1. The van der Waals surface area contributed by atoms with Crippen LogP contribution in [0.3, 0.4) is 0 Å². The summed E-state index contributed by atoms with van der Waals surface area (Å²) in [5, 5.41) is 9.32. The summed E-state index contributed by atoms with van der Waals surface area (Å²) in [7, 11) is 0. The van der Waals surface area contributed by atoms with Crippen LogP contribution < -0.4 is 15.5 Å². The minimum atomic E-state index is -0.976. The van der Waals surface area contributed by atoms with Crippen LogP contribution in [0.25, 0.3) is 0 Å². The van der Waals surface area contributed by atoms with Gasteiger partial charge >= 0.3 is 0 Å². The molecule has 0 bridgehead atoms. The number of carbonyl (C=O) groups is 3. The summed E-state index contributed by atoms with van der Waals surface area (Å²) < 4.78 is 4.97. The van der Waals surface area contributed by atoms with Gasteiger partial charge in [0, 0.05) is 30.5 Å².